The first-order valence-electron chi connectivity index (χ1n) is 29.3. The number of carbonyl (C=O) groups excluding carboxylic acids is 5. The number of likely N-dealkylation sites (tertiary alicyclic amines) is 3. The predicted molar refractivity (Wildman–Crippen MR) is 317 cm³/mol. The zero-order valence-corrected chi connectivity index (χ0v) is 53.1. The van der Waals surface area contributed by atoms with Crippen LogP contribution in [0.25, 0.3) is 0 Å². The van der Waals surface area contributed by atoms with Crippen LogP contribution in [0.1, 0.15) is 63.6 Å². The number of nitrogens with zero attached hydrogens (tertiary/aromatic N) is 6. The van der Waals surface area contributed by atoms with E-state index in [-0.39, 0.29) is 99.6 Å². The number of alkyl halides is 3. The summed E-state index contributed by atoms with van der Waals surface area (Å²) in [6.45, 7) is 21.2. The zero-order chi connectivity index (χ0) is 65.0. The summed E-state index contributed by atoms with van der Waals surface area (Å²) in [7, 11) is -9.17. The summed E-state index contributed by atoms with van der Waals surface area (Å²) in [5, 5.41) is 7.50. The first-order chi connectivity index (χ1) is 41.5. The Morgan fingerprint density at radius 3 is 1.21 bits per heavy atom. The third-order valence-electron chi connectivity index (χ3n) is 17.4. The summed E-state index contributed by atoms with van der Waals surface area (Å²) in [5.41, 5.74) is 2.85. The Bertz CT molecular complexity index is 2680. The average Bonchev–Trinajstić information content (AvgIpc) is 1.34. The SMILES string of the molecule is CC#N.CC(C)(C)[Si](C)(C)OC1=CC[C@H]2CN(C(=O)OCc3ccccc3)C[C@@H]12.FB(F)F.FB(F)F.F[N+]12CC[N+](CCl)(CC1)CC2.O=C1[C@@H](F)C[C@H]2CN(C(=O)OCc3ccccc3)C[C@@H]12.O=C1[C@H](F)C[C@H]2CN(C(=O)OCc3ccccc3)C[C@@H]12.[F-].[F-]. The fourth-order valence-corrected chi connectivity index (χ4v) is 12.9. The number of allylic oxidation sites excluding steroid dienone is 1. The molecule has 6 heterocycles. The maximum Gasteiger partial charge on any atom is 0.762 e. The molecule has 2 saturated carbocycles. The summed E-state index contributed by atoms with van der Waals surface area (Å²) < 4.78 is 121. The second kappa shape index (κ2) is 36.0. The molecule has 498 valence electrons. The molecule has 90 heavy (non-hydrogen) atoms. The van der Waals surface area contributed by atoms with Crippen molar-refractivity contribution in [3.05, 3.63) is 120 Å². The van der Waals surface area contributed by atoms with Gasteiger partial charge in [0.2, 0.25) is 8.32 Å². The van der Waals surface area contributed by atoms with E-state index in [2.05, 4.69) is 39.9 Å². The Balaban J connectivity index is 0.000000301. The molecule has 0 unspecified atom stereocenters. The molecule has 12 rings (SSSR count). The van der Waals surface area contributed by atoms with Crippen LogP contribution in [0.2, 0.25) is 18.1 Å². The van der Waals surface area contributed by atoms with E-state index in [1.165, 1.54) is 16.7 Å². The number of halogens is 12. The molecule has 3 aliphatic carbocycles. The van der Waals surface area contributed by atoms with Crippen LogP contribution in [0, 0.1) is 46.8 Å². The number of nitriles is 1. The largest absolute Gasteiger partial charge is 1.00 e. The van der Waals surface area contributed by atoms with Gasteiger partial charge in [0.1, 0.15) is 39.5 Å². The molecule has 0 radical (unpaired) electrons. The van der Waals surface area contributed by atoms with Crippen molar-refractivity contribution in [2.45, 2.75) is 97.3 Å². The van der Waals surface area contributed by atoms with Crippen molar-refractivity contribution < 1.29 is 100 Å². The number of benzene rings is 3. The number of fused-ring (bicyclic) bond motifs is 6. The Kier molecular flexibility index (Phi) is 31.2. The summed E-state index contributed by atoms with van der Waals surface area (Å²) in [6, 6.07) is 31.1. The third kappa shape index (κ3) is 23.1. The van der Waals surface area contributed by atoms with Gasteiger partial charge >= 0.3 is 33.4 Å². The minimum Gasteiger partial charge on any atom is -1.00 e. The van der Waals surface area contributed by atoms with Gasteiger partial charge in [-0.1, -0.05) is 123 Å². The van der Waals surface area contributed by atoms with Gasteiger partial charge in [-0.3, -0.25) is 40.0 Å². The number of piperazine rings is 3. The second-order valence-electron chi connectivity index (χ2n) is 24.4. The van der Waals surface area contributed by atoms with E-state index in [0.717, 1.165) is 59.5 Å². The lowest BCUT2D eigenvalue weighted by atomic mass is 9.99. The third-order valence-corrected chi connectivity index (χ3v) is 22.3. The fraction of sp³-hybridized carbons (Fsp3) is 0.567. The zero-order valence-electron chi connectivity index (χ0n) is 51.3. The van der Waals surface area contributed by atoms with E-state index in [1.54, 1.807) is 6.07 Å². The molecule has 3 aromatic rings. The van der Waals surface area contributed by atoms with Crippen LogP contribution in [0.15, 0.2) is 103 Å². The highest BCUT2D eigenvalue weighted by Gasteiger charge is 2.52. The van der Waals surface area contributed by atoms with E-state index in [1.807, 2.05) is 95.9 Å². The van der Waals surface area contributed by atoms with Crippen LogP contribution in [-0.4, -0.2) is 174 Å². The van der Waals surface area contributed by atoms with Crippen LogP contribution in [0.3, 0.4) is 0 Å². The summed E-state index contributed by atoms with van der Waals surface area (Å²) in [4.78, 5) is 64.4. The monoisotopic (exact) mass is 1320 g/mol. The molecule has 9 aliphatic rings. The summed E-state index contributed by atoms with van der Waals surface area (Å²) in [6.07, 6.45) is -0.00913. The molecule has 0 spiro atoms. The molecule has 8 fully saturated rings. The predicted octanol–water partition coefficient (Wildman–Crippen LogP) is 6.57. The molecular formula is C60H80B2ClF11N6O9Si. The van der Waals surface area contributed by atoms with Gasteiger partial charge in [-0.15, -0.1) is 4.71 Å². The molecule has 0 aromatic heterocycles. The smallest absolute Gasteiger partial charge is 0.762 e. The minimum atomic E-state index is -3.67. The highest BCUT2D eigenvalue weighted by atomic mass is 35.5. The quantitative estimate of drug-likeness (QED) is 0.0437. The van der Waals surface area contributed by atoms with Crippen LogP contribution < -0.4 is 9.41 Å². The number of ether oxygens (including phenoxy) is 3. The number of hydrogen-bond donors (Lipinski definition) is 0. The van der Waals surface area contributed by atoms with E-state index in [0.29, 0.717) is 63.7 Å². The average molecular weight is 1320 g/mol. The Hall–Kier alpha value is -6.37. The standard InChI is InChI=1S/C21H31NO3Si.2C15H16FNO3.C7H14ClFN2.C2H3N.2BF3.2FH/c1-21(2,3)26(4,5)25-19-12-11-17-13-22(14-18(17)19)20(23)24-15-16-9-7-6-8-10-16;2*16-13-6-11-7-17(8-12(11)14(13)18)15(19)20-9-10-4-2-1-3-5-10;8-7-10-1-4-11(9,5-2-10)6-3-10;1-2-3;2*2-1(3)4;;/h6-10,12,17-18H,11,13-15H2,1-5H3;2*1-5,11-13H,6-9H2;1-7H2;1H3;;;2*1H/q;;;+2;;;;;/p-2/t17-,18+;11-,12+,13+;11-,12+,13-;;;;;;/m000....../s1. The molecule has 6 aliphatic heterocycles. The van der Waals surface area contributed by atoms with Crippen molar-refractivity contribution >= 4 is 64.9 Å². The number of Topliss-reactive ketones (excluding diaryl/α,β-unsaturated/α-hetero) is 2. The van der Waals surface area contributed by atoms with Gasteiger partial charge in [0.05, 0.1) is 11.8 Å². The molecule has 2 bridgehead atoms. The van der Waals surface area contributed by atoms with Gasteiger partial charge in [0, 0.05) is 63.9 Å². The van der Waals surface area contributed by atoms with Crippen molar-refractivity contribution in [1.29, 1.82) is 5.26 Å². The normalized spacial score (nSPS) is 26.0. The molecule has 3 aromatic carbocycles. The maximum absolute atomic E-state index is 13.5. The van der Waals surface area contributed by atoms with E-state index >= 15 is 0 Å². The lowest BCUT2D eigenvalue weighted by Crippen LogP contribution is -3.00. The summed E-state index contributed by atoms with van der Waals surface area (Å²) in [5.74, 6) is 0.446. The fourth-order valence-electron chi connectivity index (χ4n) is 11.4. The van der Waals surface area contributed by atoms with Crippen molar-refractivity contribution in [1.82, 2.24) is 14.7 Å². The number of amides is 3. The Morgan fingerprint density at radius 2 is 0.911 bits per heavy atom. The van der Waals surface area contributed by atoms with Gasteiger partial charge in [-0.25, -0.2) is 23.2 Å². The molecule has 8 atom stereocenters. The molecule has 30 heteroatoms. The molecule has 0 N–H and O–H groups in total. The van der Waals surface area contributed by atoms with E-state index in [4.69, 9.17) is 35.5 Å². The molecule has 3 amide bonds. The van der Waals surface area contributed by atoms with Crippen molar-refractivity contribution in [2.75, 3.05) is 84.5 Å². The van der Waals surface area contributed by atoms with Gasteiger partial charge in [0.15, 0.2) is 49.5 Å². The lowest BCUT2D eigenvalue weighted by molar-refractivity contribution is -1.15. The van der Waals surface area contributed by atoms with Gasteiger partial charge in [-0.2, -0.15) is 5.26 Å². The lowest BCUT2D eigenvalue weighted by Gasteiger charge is -2.48. The van der Waals surface area contributed by atoms with Crippen molar-refractivity contribution in [2.24, 2.45) is 35.5 Å². The van der Waals surface area contributed by atoms with E-state index < -0.39 is 47.9 Å². The van der Waals surface area contributed by atoms with Gasteiger partial charge in [-0.05, 0) is 82.4 Å². The highest BCUT2D eigenvalue weighted by molar-refractivity contribution is 6.74. The summed E-state index contributed by atoms with van der Waals surface area (Å²) >= 11 is 5.85. The second-order valence-corrected chi connectivity index (χ2v) is 29.4. The Labute approximate surface area is 526 Å². The minimum absolute atomic E-state index is 0. The number of ketones is 2. The van der Waals surface area contributed by atoms with Crippen LogP contribution in [0.5, 0.6) is 0 Å². The number of quaternary nitrogens is 2. The van der Waals surface area contributed by atoms with Crippen molar-refractivity contribution in [3.8, 4) is 6.07 Å². The van der Waals surface area contributed by atoms with Crippen LogP contribution in [-0.2, 0) is 48.0 Å². The maximum atomic E-state index is 13.5. The first kappa shape index (κ1) is 77.9. The molecule has 15 nitrogen and oxygen atoms in total. The molecular weight excluding hydrogens is 1240 g/mol. The topological polar surface area (TPSA) is 156 Å². The number of carbonyl (C=O) groups is 5. The van der Waals surface area contributed by atoms with Crippen LogP contribution in [0.4, 0.5) is 53.5 Å². The van der Waals surface area contributed by atoms with Gasteiger partial charge < -0.3 is 42.7 Å². The number of rotatable bonds is 9. The highest BCUT2D eigenvalue weighted by Crippen LogP contribution is 2.45. The first-order valence-corrected chi connectivity index (χ1v) is 32.7. The van der Waals surface area contributed by atoms with E-state index in [9.17, 15) is 63.1 Å². The van der Waals surface area contributed by atoms with Crippen LogP contribution >= 0.6 is 11.6 Å². The number of hydrogen-bond acceptors (Lipinski definition) is 10. The Morgan fingerprint density at radius 1 is 0.600 bits per heavy atom. The van der Waals surface area contributed by atoms with Crippen molar-refractivity contribution in [3.63, 3.8) is 0 Å². The molecule has 6 saturated heterocycles. The van der Waals surface area contributed by atoms with Gasteiger partial charge in [0.25, 0.3) is 0 Å².